The number of aliphatic hydroxyl groups excluding tert-OH is 3. The van der Waals surface area contributed by atoms with Crippen molar-refractivity contribution >= 4 is 16.4 Å². The van der Waals surface area contributed by atoms with E-state index < -0.39 is 59.8 Å². The maximum Gasteiger partial charge on any atom is 0.397 e. The van der Waals surface area contributed by atoms with Crippen LogP contribution in [0.3, 0.4) is 0 Å². The van der Waals surface area contributed by atoms with Crippen LogP contribution in [-0.2, 0) is 38.3 Å². The molecule has 1 heterocycles. The number of allylic oxidation sites excluding steroid dienone is 18. The van der Waals surface area contributed by atoms with E-state index in [2.05, 4.69) is 127 Å². The molecule has 1 aliphatic rings. The lowest BCUT2D eigenvalue weighted by Gasteiger charge is -2.41. The first kappa shape index (κ1) is 54.8. The Labute approximate surface area is 360 Å². The zero-order valence-corrected chi connectivity index (χ0v) is 36.8. The fourth-order valence-corrected chi connectivity index (χ4v) is 6.21. The number of rotatable bonds is 35. The van der Waals surface area contributed by atoms with Gasteiger partial charge in [-0.25, -0.2) is 4.18 Å². The summed E-state index contributed by atoms with van der Waals surface area (Å²) < 4.78 is 58.8. The molecule has 1 fully saturated rings. The zero-order valence-electron chi connectivity index (χ0n) is 36.0. The van der Waals surface area contributed by atoms with Crippen LogP contribution in [-0.4, -0.2) is 97.5 Å². The quantitative estimate of drug-likeness (QED) is 0.0206. The maximum atomic E-state index is 12.8. The van der Waals surface area contributed by atoms with Gasteiger partial charge in [0.1, 0.15) is 30.5 Å². The van der Waals surface area contributed by atoms with Gasteiger partial charge in [-0.15, -0.1) is 0 Å². The Kier molecular flexibility index (Phi) is 34.3. The molecule has 0 aromatic carbocycles. The van der Waals surface area contributed by atoms with E-state index in [1.165, 1.54) is 0 Å². The Morgan fingerprint density at radius 2 is 1.10 bits per heavy atom. The number of unbranched alkanes of at least 4 members (excludes halogenated alkanes) is 4. The van der Waals surface area contributed by atoms with Crippen molar-refractivity contribution in [1.29, 1.82) is 0 Å². The molecule has 6 unspecified atom stereocenters. The van der Waals surface area contributed by atoms with Crippen LogP contribution in [0.4, 0.5) is 0 Å². The van der Waals surface area contributed by atoms with Gasteiger partial charge in [0.2, 0.25) is 0 Å². The van der Waals surface area contributed by atoms with E-state index in [9.17, 15) is 28.5 Å². The number of carbonyl (C=O) groups is 1. The molecule has 6 atom stereocenters. The molecule has 4 N–H and O–H groups in total. The first-order chi connectivity index (χ1) is 29.1. The monoisotopic (exact) mass is 862 g/mol. The van der Waals surface area contributed by atoms with Crippen LogP contribution in [0.5, 0.6) is 0 Å². The zero-order chi connectivity index (χ0) is 43.9. The lowest BCUT2D eigenvalue weighted by molar-refractivity contribution is -0.301. The third-order valence-electron chi connectivity index (χ3n) is 8.89. The van der Waals surface area contributed by atoms with Crippen LogP contribution in [0.1, 0.15) is 117 Å². The number of aliphatic hydroxyl groups is 3. The molecule has 1 aliphatic heterocycles. The van der Waals surface area contributed by atoms with Gasteiger partial charge in [-0.1, -0.05) is 130 Å². The van der Waals surface area contributed by atoms with Crippen molar-refractivity contribution in [2.45, 2.75) is 153 Å². The largest absolute Gasteiger partial charge is 0.457 e. The van der Waals surface area contributed by atoms with Gasteiger partial charge in [0.05, 0.1) is 19.8 Å². The molecule has 0 amide bonds. The second kappa shape index (κ2) is 37.5. The fraction of sp³-hybridized carbons (Fsp3) is 0.596. The van der Waals surface area contributed by atoms with E-state index >= 15 is 0 Å². The van der Waals surface area contributed by atoms with Gasteiger partial charge in [0, 0.05) is 13.0 Å². The Bertz CT molecular complexity index is 1460. The second-order valence-corrected chi connectivity index (χ2v) is 15.2. The highest BCUT2D eigenvalue weighted by molar-refractivity contribution is 7.80. The molecule has 0 radical (unpaired) electrons. The van der Waals surface area contributed by atoms with Gasteiger partial charge in [0.25, 0.3) is 0 Å². The van der Waals surface area contributed by atoms with Crippen LogP contribution >= 0.6 is 0 Å². The highest BCUT2D eigenvalue weighted by atomic mass is 32.3. The molecule has 1 saturated heterocycles. The molecule has 60 heavy (non-hydrogen) atoms. The molecule has 340 valence electrons. The molecular weight excluding hydrogens is 789 g/mol. The van der Waals surface area contributed by atoms with Crippen LogP contribution in [0.2, 0.25) is 0 Å². The van der Waals surface area contributed by atoms with Crippen molar-refractivity contribution in [3.05, 3.63) is 109 Å². The summed E-state index contributed by atoms with van der Waals surface area (Å²) in [6.07, 6.45) is 42.8. The summed E-state index contributed by atoms with van der Waals surface area (Å²) in [5, 5.41) is 30.6. The average molecular weight is 863 g/mol. The summed E-state index contributed by atoms with van der Waals surface area (Å²) in [5.41, 5.74) is 0. The summed E-state index contributed by atoms with van der Waals surface area (Å²) in [6, 6.07) is 0. The maximum absolute atomic E-state index is 12.8. The molecule has 0 spiro atoms. The minimum Gasteiger partial charge on any atom is -0.457 e. The van der Waals surface area contributed by atoms with E-state index in [4.69, 9.17) is 23.5 Å². The van der Waals surface area contributed by atoms with Gasteiger partial charge in [0.15, 0.2) is 6.29 Å². The highest BCUT2D eigenvalue weighted by Gasteiger charge is 2.48. The summed E-state index contributed by atoms with van der Waals surface area (Å²) in [7, 11) is -5.08. The lowest BCUT2D eigenvalue weighted by Crippen LogP contribution is -2.60. The molecule has 13 heteroatoms. The van der Waals surface area contributed by atoms with Crippen molar-refractivity contribution in [2.24, 2.45) is 0 Å². The average Bonchev–Trinajstić information content (AvgIpc) is 3.22. The van der Waals surface area contributed by atoms with Crippen molar-refractivity contribution in [3.8, 4) is 0 Å². The van der Waals surface area contributed by atoms with Gasteiger partial charge in [-0.05, 0) is 89.9 Å². The SMILES string of the molecule is CC/C=C\C/C=C\C/C=C\C/C=C\C/C=C\C/C=C\CCCOCC(COC1OC(CO)C(O)C(OS(=O)(=O)O)C1O)OC(=O)CCCCC/C=C\C/C=C\C/C=C\CC. The molecule has 0 aliphatic carbocycles. The Morgan fingerprint density at radius 1 is 0.633 bits per heavy atom. The van der Waals surface area contributed by atoms with Crippen LogP contribution < -0.4 is 0 Å². The highest BCUT2D eigenvalue weighted by Crippen LogP contribution is 2.26. The minimum atomic E-state index is -5.08. The summed E-state index contributed by atoms with van der Waals surface area (Å²) >= 11 is 0. The number of hydrogen-bond acceptors (Lipinski definition) is 11. The van der Waals surface area contributed by atoms with Gasteiger partial charge in [-0.2, -0.15) is 8.42 Å². The predicted molar refractivity (Wildman–Crippen MR) is 238 cm³/mol. The number of hydrogen-bond donors (Lipinski definition) is 4. The van der Waals surface area contributed by atoms with Crippen LogP contribution in [0.25, 0.3) is 0 Å². The molecular formula is C47H74O12S. The number of esters is 1. The number of ether oxygens (including phenoxy) is 4. The van der Waals surface area contributed by atoms with E-state index in [1.54, 1.807) is 0 Å². The van der Waals surface area contributed by atoms with E-state index in [0.29, 0.717) is 13.0 Å². The Hall–Kier alpha value is -3.24. The third-order valence-corrected chi connectivity index (χ3v) is 9.36. The molecule has 1 rings (SSSR count). The topological polar surface area (TPSA) is 178 Å². The summed E-state index contributed by atoms with van der Waals surface area (Å²) in [6.45, 7) is 3.52. The molecule has 0 bridgehead atoms. The van der Waals surface area contributed by atoms with Crippen LogP contribution in [0, 0.1) is 0 Å². The normalized spacial score (nSPS) is 21.3. The third kappa shape index (κ3) is 30.7. The van der Waals surface area contributed by atoms with Gasteiger partial charge in [-0.3, -0.25) is 9.35 Å². The van der Waals surface area contributed by atoms with Crippen molar-refractivity contribution in [1.82, 2.24) is 0 Å². The minimum absolute atomic E-state index is 0.0244. The summed E-state index contributed by atoms with van der Waals surface area (Å²) in [4.78, 5) is 12.8. The predicted octanol–water partition coefficient (Wildman–Crippen LogP) is 8.85. The Balaban J connectivity index is 2.52. The first-order valence-corrected chi connectivity index (χ1v) is 23.0. The van der Waals surface area contributed by atoms with Crippen molar-refractivity contribution in [3.63, 3.8) is 0 Å². The number of carbonyl (C=O) groups excluding carboxylic acids is 1. The molecule has 0 aromatic heterocycles. The van der Waals surface area contributed by atoms with E-state index in [1.807, 2.05) is 0 Å². The van der Waals surface area contributed by atoms with Crippen molar-refractivity contribution < 1.29 is 56.2 Å². The smallest absolute Gasteiger partial charge is 0.397 e. The summed E-state index contributed by atoms with van der Waals surface area (Å²) in [5.74, 6) is -0.454. The van der Waals surface area contributed by atoms with Crippen molar-refractivity contribution in [2.75, 3.05) is 26.4 Å². The Morgan fingerprint density at radius 3 is 1.57 bits per heavy atom. The van der Waals surface area contributed by atoms with Crippen LogP contribution in [0.15, 0.2) is 109 Å². The standard InChI is InChI=1S/C47H74O12S/c1-3-5-7-9-11-13-15-17-18-19-20-21-22-23-25-27-29-31-33-35-37-55-39-41(40-56-47-45(51)46(59-60(52,53)54)44(50)42(38-48)58-47)57-43(49)36-34-32-30-28-26-24-16-14-12-10-8-6-4-2/h5-8,11-14,17-18,20-21,23-26,29,31,41-42,44-48,50-51H,3-4,9-10,15-16,19,22,27-28,30,32-40H2,1-2H3,(H,52,53,54)/b7-5-,8-6-,13-11-,14-12-,18-17-,21-20-,25-23-,26-24-,31-29-. The lowest BCUT2D eigenvalue weighted by atomic mass is 9.99. The van der Waals surface area contributed by atoms with E-state index in [0.717, 1.165) is 89.9 Å². The van der Waals surface area contributed by atoms with Gasteiger partial charge < -0.3 is 34.3 Å². The van der Waals surface area contributed by atoms with E-state index in [-0.39, 0.29) is 19.6 Å². The second-order valence-electron chi connectivity index (χ2n) is 14.2. The fourth-order valence-electron chi connectivity index (χ4n) is 5.70. The molecule has 12 nitrogen and oxygen atoms in total. The first-order valence-electron chi connectivity index (χ1n) is 21.6. The van der Waals surface area contributed by atoms with Gasteiger partial charge >= 0.3 is 16.4 Å². The molecule has 0 saturated carbocycles. The molecule has 0 aromatic rings.